The molecule has 0 aliphatic heterocycles. The van der Waals surface area contributed by atoms with Crippen molar-refractivity contribution >= 4 is 0 Å². The van der Waals surface area contributed by atoms with Gasteiger partial charge in [-0.3, -0.25) is 4.98 Å². The van der Waals surface area contributed by atoms with Crippen LogP contribution in [0.3, 0.4) is 0 Å². The van der Waals surface area contributed by atoms with Gasteiger partial charge in [-0.25, -0.2) is 0 Å². The van der Waals surface area contributed by atoms with E-state index in [4.69, 9.17) is 15.0 Å². The Morgan fingerprint density at radius 2 is 1.79 bits per heavy atom. The monoisotopic (exact) mass is 382 g/mol. The van der Waals surface area contributed by atoms with Crippen LogP contribution in [0.5, 0.6) is 5.75 Å². The first kappa shape index (κ1) is 20.0. The fourth-order valence-corrected chi connectivity index (χ4v) is 3.05. The summed E-state index contributed by atoms with van der Waals surface area (Å²) in [7, 11) is 0. The highest BCUT2D eigenvalue weighted by molar-refractivity contribution is 5.63. The number of aromatic nitrogens is 3. The number of hydrogen-bond acceptors (Lipinski definition) is 7. The maximum atomic E-state index is 9.61. The third-order valence-corrected chi connectivity index (χ3v) is 4.45. The van der Waals surface area contributed by atoms with Crippen LogP contribution in [-0.2, 0) is 6.42 Å². The van der Waals surface area contributed by atoms with Gasteiger partial charge in [0.25, 0.3) is 5.89 Å². The summed E-state index contributed by atoms with van der Waals surface area (Å²) in [5.74, 6) is 1.72. The minimum atomic E-state index is -0.685. The van der Waals surface area contributed by atoms with E-state index in [1.807, 2.05) is 45.0 Å². The zero-order chi connectivity index (χ0) is 20.3. The van der Waals surface area contributed by atoms with E-state index in [0.717, 1.165) is 45.8 Å². The van der Waals surface area contributed by atoms with E-state index < -0.39 is 6.10 Å². The van der Waals surface area contributed by atoms with Crippen LogP contribution in [0.4, 0.5) is 0 Å². The minimum Gasteiger partial charge on any atom is -0.490 e. The van der Waals surface area contributed by atoms with Gasteiger partial charge in [-0.1, -0.05) is 12.1 Å². The standard InChI is InChI=1S/C21H26N4O3/c1-5-17-9-16(8-14(4)23-17)21-24-20(25-28-21)15-6-12(2)19(13(3)7-15)27-11-18(26)10-22/h6-9,18,26H,5,10-11,22H2,1-4H3/t18-/m0/s1. The third-order valence-electron chi connectivity index (χ3n) is 4.45. The molecular weight excluding hydrogens is 356 g/mol. The quantitative estimate of drug-likeness (QED) is 0.647. The zero-order valence-corrected chi connectivity index (χ0v) is 16.7. The van der Waals surface area contributed by atoms with E-state index in [-0.39, 0.29) is 13.2 Å². The smallest absolute Gasteiger partial charge is 0.258 e. The second kappa shape index (κ2) is 8.50. The van der Waals surface area contributed by atoms with Crippen LogP contribution >= 0.6 is 0 Å². The van der Waals surface area contributed by atoms with Gasteiger partial charge in [0.1, 0.15) is 18.5 Å². The van der Waals surface area contributed by atoms with E-state index >= 15 is 0 Å². The molecular formula is C21H26N4O3. The van der Waals surface area contributed by atoms with Gasteiger partial charge in [-0.05, 0) is 62.6 Å². The molecule has 3 aromatic rings. The summed E-state index contributed by atoms with van der Waals surface area (Å²) in [6.07, 6.45) is 0.157. The number of ether oxygens (including phenoxy) is 1. The van der Waals surface area contributed by atoms with E-state index in [1.165, 1.54) is 0 Å². The normalized spacial score (nSPS) is 12.2. The molecule has 28 heavy (non-hydrogen) atoms. The molecule has 7 nitrogen and oxygen atoms in total. The molecule has 0 fully saturated rings. The largest absolute Gasteiger partial charge is 0.490 e. The number of aryl methyl sites for hydroxylation is 4. The van der Waals surface area contributed by atoms with Gasteiger partial charge in [0.15, 0.2) is 0 Å². The van der Waals surface area contributed by atoms with Gasteiger partial charge in [0.05, 0.1) is 0 Å². The number of benzene rings is 1. The van der Waals surface area contributed by atoms with Crippen LogP contribution in [0.1, 0.15) is 29.4 Å². The van der Waals surface area contributed by atoms with E-state index in [1.54, 1.807) is 0 Å². The summed E-state index contributed by atoms with van der Waals surface area (Å²) in [6, 6.07) is 7.80. The molecule has 0 spiro atoms. The Kier molecular flexibility index (Phi) is 6.06. The molecule has 0 saturated heterocycles. The Morgan fingerprint density at radius 1 is 1.07 bits per heavy atom. The highest BCUT2D eigenvalue weighted by Crippen LogP contribution is 2.30. The maximum Gasteiger partial charge on any atom is 0.258 e. The molecule has 0 aliphatic rings. The van der Waals surface area contributed by atoms with Crippen molar-refractivity contribution in [1.82, 2.24) is 15.1 Å². The number of nitrogens with two attached hydrogens (primary N) is 1. The predicted octanol–water partition coefficient (Wildman–Crippen LogP) is 2.98. The second-order valence-electron chi connectivity index (χ2n) is 6.90. The van der Waals surface area contributed by atoms with Gasteiger partial charge in [-0.15, -0.1) is 0 Å². The van der Waals surface area contributed by atoms with Gasteiger partial charge >= 0.3 is 0 Å². The first-order valence-corrected chi connectivity index (χ1v) is 9.35. The van der Waals surface area contributed by atoms with Crippen molar-refractivity contribution in [2.45, 2.75) is 40.2 Å². The van der Waals surface area contributed by atoms with Crippen molar-refractivity contribution in [2.24, 2.45) is 5.73 Å². The Hall–Kier alpha value is -2.77. The molecule has 1 aromatic carbocycles. The molecule has 3 N–H and O–H groups in total. The lowest BCUT2D eigenvalue weighted by molar-refractivity contribution is 0.113. The van der Waals surface area contributed by atoms with Crippen LogP contribution < -0.4 is 10.5 Å². The molecule has 148 valence electrons. The number of aliphatic hydroxyl groups excluding tert-OH is 1. The van der Waals surface area contributed by atoms with Crippen molar-refractivity contribution in [3.05, 3.63) is 46.8 Å². The summed E-state index contributed by atoms with van der Waals surface area (Å²) >= 11 is 0. The molecule has 0 saturated carbocycles. The van der Waals surface area contributed by atoms with Gasteiger partial charge in [0.2, 0.25) is 5.82 Å². The van der Waals surface area contributed by atoms with E-state index in [0.29, 0.717) is 11.7 Å². The van der Waals surface area contributed by atoms with E-state index in [2.05, 4.69) is 22.0 Å². The lowest BCUT2D eigenvalue weighted by Gasteiger charge is -2.15. The number of hydrogen-bond donors (Lipinski definition) is 2. The summed E-state index contributed by atoms with van der Waals surface area (Å²) in [4.78, 5) is 9.05. The first-order valence-electron chi connectivity index (χ1n) is 9.35. The molecule has 7 heteroatoms. The van der Waals surface area contributed by atoms with Crippen LogP contribution in [0.15, 0.2) is 28.8 Å². The molecule has 0 radical (unpaired) electrons. The van der Waals surface area contributed by atoms with Crippen molar-refractivity contribution in [1.29, 1.82) is 0 Å². The molecule has 0 amide bonds. The molecule has 2 aromatic heterocycles. The topological polar surface area (TPSA) is 107 Å². The molecule has 1 atom stereocenters. The number of pyridine rings is 1. The van der Waals surface area contributed by atoms with Crippen molar-refractivity contribution in [3.8, 4) is 28.6 Å². The number of nitrogens with zero attached hydrogens (tertiary/aromatic N) is 3. The lowest BCUT2D eigenvalue weighted by atomic mass is 10.1. The fraction of sp³-hybridized carbons (Fsp3) is 0.381. The second-order valence-corrected chi connectivity index (χ2v) is 6.90. The highest BCUT2D eigenvalue weighted by Gasteiger charge is 2.15. The van der Waals surface area contributed by atoms with Crippen LogP contribution in [0.25, 0.3) is 22.8 Å². The molecule has 3 rings (SSSR count). The van der Waals surface area contributed by atoms with Crippen LogP contribution in [-0.4, -0.2) is 39.5 Å². The van der Waals surface area contributed by atoms with Crippen molar-refractivity contribution < 1.29 is 14.4 Å². The first-order chi connectivity index (χ1) is 13.4. The molecule has 0 aliphatic carbocycles. The number of rotatable bonds is 7. The Morgan fingerprint density at radius 3 is 2.43 bits per heavy atom. The maximum absolute atomic E-state index is 9.61. The van der Waals surface area contributed by atoms with Crippen molar-refractivity contribution in [2.75, 3.05) is 13.2 Å². The Balaban J connectivity index is 1.88. The van der Waals surface area contributed by atoms with Crippen molar-refractivity contribution in [3.63, 3.8) is 0 Å². The lowest BCUT2D eigenvalue weighted by Crippen LogP contribution is -2.26. The summed E-state index contributed by atoms with van der Waals surface area (Å²) in [5.41, 5.74) is 10.9. The molecule has 2 heterocycles. The Bertz CT molecular complexity index is 945. The summed E-state index contributed by atoms with van der Waals surface area (Å²) in [5, 5.41) is 13.8. The Labute approximate surface area is 164 Å². The zero-order valence-electron chi connectivity index (χ0n) is 16.7. The van der Waals surface area contributed by atoms with Crippen LogP contribution in [0.2, 0.25) is 0 Å². The summed E-state index contributed by atoms with van der Waals surface area (Å²) in [6.45, 7) is 8.23. The predicted molar refractivity (Wildman–Crippen MR) is 107 cm³/mol. The average molecular weight is 382 g/mol. The molecule has 0 unspecified atom stereocenters. The highest BCUT2D eigenvalue weighted by atomic mass is 16.5. The SMILES string of the molecule is CCc1cc(-c2nc(-c3cc(C)c(OC[C@@H](O)CN)c(C)c3)no2)cc(C)n1. The fourth-order valence-electron chi connectivity index (χ4n) is 3.05. The minimum absolute atomic E-state index is 0.158. The average Bonchev–Trinajstić information content (AvgIpc) is 3.16. The van der Waals surface area contributed by atoms with Crippen LogP contribution in [0, 0.1) is 20.8 Å². The summed E-state index contributed by atoms with van der Waals surface area (Å²) < 4.78 is 11.2. The third kappa shape index (κ3) is 4.37. The molecule has 0 bridgehead atoms. The van der Waals surface area contributed by atoms with E-state index in [9.17, 15) is 5.11 Å². The van der Waals surface area contributed by atoms with Gasteiger partial charge in [-0.2, -0.15) is 4.98 Å². The number of aliphatic hydroxyl groups is 1. The van der Waals surface area contributed by atoms with Gasteiger partial charge in [0, 0.05) is 29.1 Å². The van der Waals surface area contributed by atoms with Gasteiger partial charge < -0.3 is 20.1 Å².